The van der Waals surface area contributed by atoms with Crippen LogP contribution in [0.1, 0.15) is 24.9 Å². The van der Waals surface area contributed by atoms with E-state index < -0.39 is 17.8 Å². The molecule has 0 saturated heterocycles. The second kappa shape index (κ2) is 4.08. The number of carboxylic acid groups (broad SMARTS) is 1. The fourth-order valence-electron chi connectivity index (χ4n) is 1.91. The van der Waals surface area contributed by atoms with E-state index in [1.54, 1.807) is 19.1 Å². The molecular formula is C12H13NO4. The number of fused-ring (bicyclic) bond motifs is 1. The second-order valence-electron chi connectivity index (χ2n) is 3.97. The summed E-state index contributed by atoms with van der Waals surface area (Å²) in [7, 11) is 0. The van der Waals surface area contributed by atoms with E-state index in [9.17, 15) is 9.59 Å². The Bertz CT molecular complexity index is 623. The molecule has 0 aliphatic carbocycles. The molecule has 0 aliphatic rings. The number of aryl methyl sites for hydroxylation is 1. The van der Waals surface area contributed by atoms with Crippen molar-refractivity contribution in [1.29, 1.82) is 0 Å². The van der Waals surface area contributed by atoms with Gasteiger partial charge in [0.15, 0.2) is 5.58 Å². The van der Waals surface area contributed by atoms with Crippen LogP contribution in [0.5, 0.6) is 0 Å². The fraction of sp³-hybridized carbons (Fsp3) is 0.333. The van der Waals surface area contributed by atoms with E-state index in [0.29, 0.717) is 17.5 Å². The van der Waals surface area contributed by atoms with Gasteiger partial charge in [0.25, 0.3) is 0 Å². The van der Waals surface area contributed by atoms with E-state index in [1.165, 1.54) is 4.57 Å². The van der Waals surface area contributed by atoms with E-state index >= 15 is 0 Å². The molecule has 0 amide bonds. The molecule has 0 radical (unpaired) electrons. The molecule has 0 spiro atoms. The van der Waals surface area contributed by atoms with Crippen molar-refractivity contribution in [2.75, 3.05) is 0 Å². The topological polar surface area (TPSA) is 72.4 Å². The minimum atomic E-state index is -1.03. The maximum atomic E-state index is 11.7. The zero-order valence-electron chi connectivity index (χ0n) is 9.64. The summed E-state index contributed by atoms with van der Waals surface area (Å²) in [5, 5.41) is 9.08. The molecule has 5 heteroatoms. The van der Waals surface area contributed by atoms with E-state index in [-0.39, 0.29) is 0 Å². The van der Waals surface area contributed by atoms with Crippen LogP contribution in [-0.4, -0.2) is 15.6 Å². The molecule has 1 N–H and O–H groups in total. The molecule has 1 unspecified atom stereocenters. The number of hydrogen-bond acceptors (Lipinski definition) is 3. The lowest BCUT2D eigenvalue weighted by Crippen LogP contribution is -2.26. The Kier molecular flexibility index (Phi) is 2.75. The van der Waals surface area contributed by atoms with Crippen LogP contribution in [0.2, 0.25) is 0 Å². The Labute approximate surface area is 97.3 Å². The highest BCUT2D eigenvalue weighted by Gasteiger charge is 2.23. The Morgan fingerprint density at radius 3 is 2.82 bits per heavy atom. The Hall–Kier alpha value is -2.04. The number of nitrogens with zero attached hydrogens (tertiary/aromatic N) is 1. The van der Waals surface area contributed by atoms with Gasteiger partial charge in [0.2, 0.25) is 0 Å². The lowest BCUT2D eigenvalue weighted by atomic mass is 10.2. The monoisotopic (exact) mass is 235 g/mol. The van der Waals surface area contributed by atoms with Crippen LogP contribution in [0.3, 0.4) is 0 Å². The van der Waals surface area contributed by atoms with Crippen LogP contribution in [0, 0.1) is 6.92 Å². The van der Waals surface area contributed by atoms with Gasteiger partial charge in [-0.2, -0.15) is 0 Å². The molecule has 1 aromatic heterocycles. The molecule has 1 atom stereocenters. The molecule has 2 aromatic rings. The van der Waals surface area contributed by atoms with E-state index in [0.717, 1.165) is 5.56 Å². The summed E-state index contributed by atoms with van der Waals surface area (Å²) in [6.07, 6.45) is 0.331. The molecule has 2 rings (SSSR count). The van der Waals surface area contributed by atoms with Gasteiger partial charge in [-0.25, -0.2) is 9.59 Å². The van der Waals surface area contributed by atoms with Gasteiger partial charge in [0, 0.05) is 0 Å². The summed E-state index contributed by atoms with van der Waals surface area (Å²) in [6.45, 7) is 3.60. The zero-order valence-corrected chi connectivity index (χ0v) is 9.64. The van der Waals surface area contributed by atoms with Crippen molar-refractivity contribution in [1.82, 2.24) is 4.57 Å². The molecule has 0 bridgehead atoms. The van der Waals surface area contributed by atoms with Gasteiger partial charge >= 0.3 is 11.7 Å². The Morgan fingerprint density at radius 1 is 1.53 bits per heavy atom. The third-order valence-corrected chi connectivity index (χ3v) is 2.75. The van der Waals surface area contributed by atoms with E-state index in [4.69, 9.17) is 9.52 Å². The van der Waals surface area contributed by atoms with Crippen molar-refractivity contribution in [3.05, 3.63) is 34.3 Å². The number of benzene rings is 1. The molecule has 0 fully saturated rings. The van der Waals surface area contributed by atoms with Crippen LogP contribution < -0.4 is 5.76 Å². The highest BCUT2D eigenvalue weighted by atomic mass is 16.4. The minimum Gasteiger partial charge on any atom is -0.480 e. The van der Waals surface area contributed by atoms with Crippen molar-refractivity contribution in [3.63, 3.8) is 0 Å². The summed E-state index contributed by atoms with van der Waals surface area (Å²) in [5.74, 6) is -1.65. The maximum Gasteiger partial charge on any atom is 0.420 e. The van der Waals surface area contributed by atoms with E-state index in [1.807, 2.05) is 13.0 Å². The smallest absolute Gasteiger partial charge is 0.420 e. The lowest BCUT2D eigenvalue weighted by Gasteiger charge is -2.10. The first kappa shape index (κ1) is 11.4. The Morgan fingerprint density at radius 2 is 2.24 bits per heavy atom. The molecule has 0 saturated carbocycles. The summed E-state index contributed by atoms with van der Waals surface area (Å²) in [6, 6.07) is 4.37. The van der Waals surface area contributed by atoms with Crippen LogP contribution in [0.25, 0.3) is 11.1 Å². The summed E-state index contributed by atoms with van der Waals surface area (Å²) < 4.78 is 6.25. The van der Waals surface area contributed by atoms with Gasteiger partial charge in [-0.1, -0.05) is 13.0 Å². The highest BCUT2D eigenvalue weighted by molar-refractivity contribution is 5.78. The predicted molar refractivity (Wildman–Crippen MR) is 62.2 cm³/mol. The number of hydrogen-bond donors (Lipinski definition) is 1. The molecule has 17 heavy (non-hydrogen) atoms. The average molecular weight is 235 g/mol. The quantitative estimate of drug-likeness (QED) is 0.882. The maximum absolute atomic E-state index is 11.7. The molecule has 90 valence electrons. The van der Waals surface area contributed by atoms with E-state index in [2.05, 4.69) is 0 Å². The lowest BCUT2D eigenvalue weighted by molar-refractivity contribution is -0.141. The van der Waals surface area contributed by atoms with Gasteiger partial charge in [-0.05, 0) is 31.0 Å². The first-order valence-corrected chi connectivity index (χ1v) is 5.39. The second-order valence-corrected chi connectivity index (χ2v) is 3.97. The largest absolute Gasteiger partial charge is 0.480 e. The third kappa shape index (κ3) is 1.84. The zero-order chi connectivity index (χ0) is 12.6. The first-order chi connectivity index (χ1) is 8.04. The van der Waals surface area contributed by atoms with Crippen LogP contribution >= 0.6 is 0 Å². The van der Waals surface area contributed by atoms with Crippen molar-refractivity contribution in [2.45, 2.75) is 26.3 Å². The van der Waals surface area contributed by atoms with Crippen molar-refractivity contribution < 1.29 is 14.3 Å². The van der Waals surface area contributed by atoms with Crippen LogP contribution in [-0.2, 0) is 4.79 Å². The Balaban J connectivity index is 2.72. The predicted octanol–water partition coefficient (Wildman–Crippen LogP) is 1.94. The van der Waals surface area contributed by atoms with Crippen molar-refractivity contribution in [2.24, 2.45) is 0 Å². The molecule has 5 nitrogen and oxygen atoms in total. The van der Waals surface area contributed by atoms with Gasteiger partial charge < -0.3 is 9.52 Å². The molecule has 1 aromatic carbocycles. The standard InChI is InChI=1S/C12H13NO4/c1-3-8(11(14)15)13-9-5-4-7(2)6-10(9)17-12(13)16/h4-6,8H,3H2,1-2H3,(H,14,15). The normalized spacial score (nSPS) is 12.8. The molecule has 0 aliphatic heterocycles. The van der Waals surface area contributed by atoms with Gasteiger partial charge in [-0.3, -0.25) is 4.57 Å². The number of carbonyl (C=O) groups is 1. The SMILES string of the molecule is CCC(C(=O)O)n1c(=O)oc2cc(C)ccc21. The summed E-state index contributed by atoms with van der Waals surface area (Å²) in [5.41, 5.74) is 1.91. The van der Waals surface area contributed by atoms with Gasteiger partial charge in [-0.15, -0.1) is 0 Å². The van der Waals surface area contributed by atoms with Crippen molar-refractivity contribution in [3.8, 4) is 0 Å². The van der Waals surface area contributed by atoms with Gasteiger partial charge in [0.05, 0.1) is 5.52 Å². The first-order valence-electron chi connectivity index (χ1n) is 5.39. The van der Waals surface area contributed by atoms with Crippen LogP contribution in [0.4, 0.5) is 0 Å². The number of rotatable bonds is 3. The number of oxazole rings is 1. The fourth-order valence-corrected chi connectivity index (χ4v) is 1.91. The third-order valence-electron chi connectivity index (χ3n) is 2.75. The summed E-state index contributed by atoms with van der Waals surface area (Å²) >= 11 is 0. The summed E-state index contributed by atoms with van der Waals surface area (Å²) in [4.78, 5) is 22.8. The number of carboxylic acids is 1. The molecule has 1 heterocycles. The van der Waals surface area contributed by atoms with Gasteiger partial charge in [0.1, 0.15) is 6.04 Å². The average Bonchev–Trinajstić information content (AvgIpc) is 2.55. The highest BCUT2D eigenvalue weighted by Crippen LogP contribution is 2.20. The number of aromatic nitrogens is 1. The molecular weight excluding hydrogens is 222 g/mol. The van der Waals surface area contributed by atoms with Crippen molar-refractivity contribution >= 4 is 17.1 Å². The minimum absolute atomic E-state index is 0.331. The number of aliphatic carboxylic acids is 1. The van der Waals surface area contributed by atoms with Crippen LogP contribution in [0.15, 0.2) is 27.4 Å².